The van der Waals surface area contributed by atoms with E-state index in [1.54, 1.807) is 12.1 Å². The molecule has 1 amide bonds. The van der Waals surface area contributed by atoms with Gasteiger partial charge in [0.1, 0.15) is 12.3 Å². The molecule has 1 aliphatic rings. The number of sulfonamides is 1. The van der Waals surface area contributed by atoms with Gasteiger partial charge < -0.3 is 15.0 Å². The van der Waals surface area contributed by atoms with E-state index >= 15 is 0 Å². The number of carbonyl (C=O) groups excluding carboxylic acids is 1. The lowest BCUT2D eigenvalue weighted by molar-refractivity contribution is -0.120. The molecule has 3 rings (SSSR count). The van der Waals surface area contributed by atoms with Crippen LogP contribution in [0.1, 0.15) is 31.4 Å². The topological polar surface area (TPSA) is 79.0 Å². The minimum Gasteiger partial charge on any atom is -0.495 e. The fourth-order valence-corrected chi connectivity index (χ4v) is 4.71. The van der Waals surface area contributed by atoms with Crippen molar-refractivity contribution in [2.24, 2.45) is 0 Å². The molecule has 0 aliphatic carbocycles. The lowest BCUT2D eigenvalue weighted by Gasteiger charge is -2.25. The number of amides is 1. The highest BCUT2D eigenvalue weighted by Gasteiger charge is 2.25. The third-order valence-electron chi connectivity index (χ3n) is 5.34. The Balaban J connectivity index is 1.72. The average Bonchev–Trinajstić information content (AvgIpc) is 3.26. The Morgan fingerprint density at radius 1 is 1.19 bits per heavy atom. The highest BCUT2D eigenvalue weighted by molar-refractivity contribution is 7.92. The number of nitrogens with one attached hydrogen (secondary N) is 1. The number of benzene rings is 2. The van der Waals surface area contributed by atoms with Crippen molar-refractivity contribution in [2.75, 3.05) is 42.2 Å². The molecule has 31 heavy (non-hydrogen) atoms. The molecule has 1 aliphatic heterocycles. The van der Waals surface area contributed by atoms with E-state index in [0.717, 1.165) is 29.2 Å². The van der Waals surface area contributed by atoms with Gasteiger partial charge in [-0.2, -0.15) is 0 Å². The Bertz CT molecular complexity index is 1020. The first-order chi connectivity index (χ1) is 14.7. The molecule has 9 heteroatoms. The van der Waals surface area contributed by atoms with E-state index in [2.05, 4.69) is 22.3 Å². The maximum atomic E-state index is 12.7. The molecule has 0 bridgehead atoms. The average molecular weight is 466 g/mol. The van der Waals surface area contributed by atoms with E-state index in [1.165, 1.54) is 31.7 Å². The van der Waals surface area contributed by atoms with Gasteiger partial charge >= 0.3 is 0 Å². The Hall–Kier alpha value is -2.45. The Morgan fingerprint density at radius 3 is 2.42 bits per heavy atom. The van der Waals surface area contributed by atoms with E-state index in [4.69, 9.17) is 16.3 Å². The lowest BCUT2D eigenvalue weighted by Crippen LogP contribution is -2.41. The number of nitrogens with zero attached hydrogens (tertiary/aromatic N) is 2. The molecule has 1 atom stereocenters. The van der Waals surface area contributed by atoms with Crippen LogP contribution in [0.4, 0.5) is 11.4 Å². The first kappa shape index (κ1) is 23.2. The maximum absolute atomic E-state index is 12.7. The van der Waals surface area contributed by atoms with Gasteiger partial charge in [-0.1, -0.05) is 23.7 Å². The summed E-state index contributed by atoms with van der Waals surface area (Å²) in [4.78, 5) is 15.1. The van der Waals surface area contributed by atoms with Crippen molar-refractivity contribution in [1.29, 1.82) is 0 Å². The standard InChI is InChI=1S/C22H28ClN3O4S/c1-16(17-6-9-19(10-7-17)25-12-4-5-13-25)24-22(27)15-26(31(3,28)29)20-14-18(23)8-11-21(20)30-2/h6-11,14,16H,4-5,12-13,15H2,1-3H3,(H,24,27). The summed E-state index contributed by atoms with van der Waals surface area (Å²) in [7, 11) is -2.32. The molecule has 2 aromatic rings. The zero-order valence-electron chi connectivity index (χ0n) is 18.0. The van der Waals surface area contributed by atoms with Gasteiger partial charge in [-0.05, 0) is 55.7 Å². The highest BCUT2D eigenvalue weighted by Crippen LogP contribution is 2.32. The predicted octanol–water partition coefficient (Wildman–Crippen LogP) is 3.59. The van der Waals surface area contributed by atoms with E-state index in [0.29, 0.717) is 10.8 Å². The molecule has 2 aromatic carbocycles. The molecule has 1 saturated heterocycles. The molecule has 0 radical (unpaired) electrons. The van der Waals surface area contributed by atoms with Crippen LogP contribution in [-0.2, 0) is 14.8 Å². The van der Waals surface area contributed by atoms with E-state index in [9.17, 15) is 13.2 Å². The zero-order chi connectivity index (χ0) is 22.6. The molecular weight excluding hydrogens is 438 g/mol. The fourth-order valence-electron chi connectivity index (χ4n) is 3.69. The summed E-state index contributed by atoms with van der Waals surface area (Å²) in [5, 5.41) is 3.22. The Kier molecular flexibility index (Phi) is 7.33. The van der Waals surface area contributed by atoms with Crippen molar-refractivity contribution < 1.29 is 17.9 Å². The summed E-state index contributed by atoms with van der Waals surface area (Å²) in [6.45, 7) is 3.62. The number of hydrogen-bond donors (Lipinski definition) is 1. The van der Waals surface area contributed by atoms with Gasteiger partial charge in [-0.3, -0.25) is 9.10 Å². The molecule has 1 fully saturated rings. The van der Waals surface area contributed by atoms with Crippen molar-refractivity contribution in [3.8, 4) is 5.75 Å². The van der Waals surface area contributed by atoms with Crippen molar-refractivity contribution >= 4 is 38.9 Å². The molecule has 0 saturated carbocycles. The number of anilines is 2. The molecular formula is C22H28ClN3O4S. The minimum absolute atomic E-state index is 0.218. The van der Waals surface area contributed by atoms with Crippen LogP contribution in [-0.4, -0.2) is 47.3 Å². The van der Waals surface area contributed by atoms with Gasteiger partial charge in [0.05, 0.1) is 25.1 Å². The summed E-state index contributed by atoms with van der Waals surface area (Å²) >= 11 is 6.05. The normalized spacial score (nSPS) is 14.9. The second kappa shape index (κ2) is 9.78. The van der Waals surface area contributed by atoms with Crippen LogP contribution in [0.15, 0.2) is 42.5 Å². The third kappa shape index (κ3) is 5.83. The van der Waals surface area contributed by atoms with Crippen LogP contribution >= 0.6 is 11.6 Å². The first-order valence-electron chi connectivity index (χ1n) is 10.1. The van der Waals surface area contributed by atoms with Crippen LogP contribution in [0.25, 0.3) is 0 Å². The summed E-state index contributed by atoms with van der Waals surface area (Å²) < 4.78 is 31.1. The molecule has 1 unspecified atom stereocenters. The number of methoxy groups -OCH3 is 1. The predicted molar refractivity (Wildman–Crippen MR) is 125 cm³/mol. The maximum Gasteiger partial charge on any atom is 0.241 e. The van der Waals surface area contributed by atoms with Crippen molar-refractivity contribution in [3.63, 3.8) is 0 Å². The summed E-state index contributed by atoms with van der Waals surface area (Å²) in [6.07, 6.45) is 3.46. The number of hydrogen-bond acceptors (Lipinski definition) is 5. The Morgan fingerprint density at radius 2 is 1.84 bits per heavy atom. The quantitative estimate of drug-likeness (QED) is 0.644. The largest absolute Gasteiger partial charge is 0.495 e. The summed E-state index contributed by atoms with van der Waals surface area (Å²) in [6, 6.07) is 12.5. The van der Waals surface area contributed by atoms with E-state index in [1.807, 2.05) is 19.1 Å². The van der Waals surface area contributed by atoms with Crippen molar-refractivity contribution in [2.45, 2.75) is 25.8 Å². The second-order valence-corrected chi connectivity index (χ2v) is 10.0. The van der Waals surface area contributed by atoms with Crippen LogP contribution < -0.4 is 19.3 Å². The smallest absolute Gasteiger partial charge is 0.241 e. The van der Waals surface area contributed by atoms with Gasteiger partial charge in [0.25, 0.3) is 0 Å². The number of halogens is 1. The Labute approximate surface area is 189 Å². The van der Waals surface area contributed by atoms with Gasteiger partial charge in [0.15, 0.2) is 0 Å². The molecule has 0 aromatic heterocycles. The van der Waals surface area contributed by atoms with Gasteiger partial charge in [-0.25, -0.2) is 8.42 Å². The third-order valence-corrected chi connectivity index (χ3v) is 6.70. The van der Waals surface area contributed by atoms with E-state index in [-0.39, 0.29) is 18.3 Å². The van der Waals surface area contributed by atoms with Crippen LogP contribution in [0.5, 0.6) is 5.75 Å². The number of rotatable bonds is 8. The first-order valence-corrected chi connectivity index (χ1v) is 12.4. The van der Waals surface area contributed by atoms with Crippen molar-refractivity contribution in [1.82, 2.24) is 5.32 Å². The lowest BCUT2D eigenvalue weighted by atomic mass is 10.1. The SMILES string of the molecule is COc1ccc(Cl)cc1N(CC(=O)NC(C)c1ccc(N2CCCC2)cc1)S(C)(=O)=O. The second-order valence-electron chi connectivity index (χ2n) is 7.66. The molecule has 0 spiro atoms. The monoisotopic (exact) mass is 465 g/mol. The van der Waals surface area contributed by atoms with Crippen LogP contribution in [0.2, 0.25) is 5.02 Å². The summed E-state index contributed by atoms with van der Waals surface area (Å²) in [5.74, 6) is -0.114. The van der Waals surface area contributed by atoms with Crippen LogP contribution in [0, 0.1) is 0 Å². The molecule has 1 N–H and O–H groups in total. The minimum atomic E-state index is -3.75. The molecule has 1 heterocycles. The number of carbonyl (C=O) groups is 1. The molecule has 168 valence electrons. The van der Waals surface area contributed by atoms with E-state index < -0.39 is 15.9 Å². The number of ether oxygens (including phenoxy) is 1. The highest BCUT2D eigenvalue weighted by atomic mass is 35.5. The van der Waals surface area contributed by atoms with Crippen molar-refractivity contribution in [3.05, 3.63) is 53.1 Å². The van der Waals surface area contributed by atoms with Gasteiger partial charge in [0, 0.05) is 23.8 Å². The van der Waals surface area contributed by atoms with Crippen LogP contribution in [0.3, 0.4) is 0 Å². The summed E-state index contributed by atoms with van der Waals surface area (Å²) in [5.41, 5.74) is 2.34. The van der Waals surface area contributed by atoms with Gasteiger partial charge in [0.2, 0.25) is 15.9 Å². The fraction of sp³-hybridized carbons (Fsp3) is 0.409. The van der Waals surface area contributed by atoms with Gasteiger partial charge in [-0.15, -0.1) is 0 Å². The zero-order valence-corrected chi connectivity index (χ0v) is 19.5. The molecule has 7 nitrogen and oxygen atoms in total.